The minimum atomic E-state index is -4.59. The van der Waals surface area contributed by atoms with Crippen LogP contribution >= 0.6 is 0 Å². The van der Waals surface area contributed by atoms with E-state index in [4.69, 9.17) is 9.47 Å². The van der Waals surface area contributed by atoms with E-state index in [-0.39, 0.29) is 17.6 Å². The lowest BCUT2D eigenvalue weighted by atomic mass is 10.0. The fraction of sp³-hybridized carbons (Fsp3) is 0.667. The monoisotopic (exact) mass is 291 g/mol. The summed E-state index contributed by atoms with van der Waals surface area (Å²) in [4.78, 5) is 6.78. The molecule has 5 nitrogen and oxygen atoms in total. The third-order valence-corrected chi connectivity index (χ3v) is 3.02. The molecule has 1 aromatic heterocycles. The van der Waals surface area contributed by atoms with Crippen molar-refractivity contribution in [2.45, 2.75) is 19.0 Å². The second-order valence-corrected chi connectivity index (χ2v) is 4.53. The second kappa shape index (κ2) is 6.25. The Morgan fingerprint density at radius 3 is 2.65 bits per heavy atom. The van der Waals surface area contributed by atoms with Gasteiger partial charge in [-0.15, -0.1) is 0 Å². The van der Waals surface area contributed by atoms with Gasteiger partial charge < -0.3 is 14.8 Å². The number of nitrogens with one attached hydrogen (secondary N) is 1. The largest absolute Gasteiger partial charge is 0.477 e. The number of halogens is 3. The van der Waals surface area contributed by atoms with Crippen LogP contribution in [0.5, 0.6) is 5.88 Å². The van der Waals surface area contributed by atoms with Crippen LogP contribution in [0.3, 0.4) is 0 Å². The first kappa shape index (κ1) is 14.8. The fourth-order valence-corrected chi connectivity index (χ4v) is 1.87. The van der Waals surface area contributed by atoms with Crippen molar-refractivity contribution >= 4 is 5.82 Å². The number of hydrogen-bond acceptors (Lipinski definition) is 5. The number of ether oxygens (including phenoxy) is 2. The summed E-state index contributed by atoms with van der Waals surface area (Å²) in [7, 11) is 1.49. The first-order valence-corrected chi connectivity index (χ1v) is 6.33. The summed E-state index contributed by atoms with van der Waals surface area (Å²) < 4.78 is 48.6. The summed E-state index contributed by atoms with van der Waals surface area (Å²) >= 11 is 0. The van der Waals surface area contributed by atoms with Gasteiger partial charge in [-0.2, -0.15) is 18.2 Å². The molecular formula is C12H16F3N3O2. The van der Waals surface area contributed by atoms with Crippen LogP contribution in [0.4, 0.5) is 19.0 Å². The summed E-state index contributed by atoms with van der Waals surface area (Å²) in [5.74, 6) is -0.908. The van der Waals surface area contributed by atoms with Crippen LogP contribution in [0.1, 0.15) is 18.7 Å². The molecule has 1 saturated heterocycles. The molecule has 1 aliphatic rings. The molecule has 0 aromatic carbocycles. The predicted molar refractivity (Wildman–Crippen MR) is 65.6 cm³/mol. The molecule has 0 unspecified atom stereocenters. The van der Waals surface area contributed by atoms with E-state index in [2.05, 4.69) is 15.3 Å². The van der Waals surface area contributed by atoms with Gasteiger partial charge in [-0.25, -0.2) is 4.98 Å². The number of nitrogens with zero attached hydrogens (tertiary/aromatic N) is 2. The summed E-state index contributed by atoms with van der Waals surface area (Å²) in [5, 5.41) is 2.57. The Kier molecular flexibility index (Phi) is 4.64. The summed E-state index contributed by atoms with van der Waals surface area (Å²) in [5.41, 5.74) is 0. The van der Waals surface area contributed by atoms with E-state index < -0.39 is 12.0 Å². The fourth-order valence-electron chi connectivity index (χ4n) is 1.87. The Labute approximate surface area is 114 Å². The van der Waals surface area contributed by atoms with Gasteiger partial charge in [0, 0.05) is 26.3 Å². The predicted octanol–water partition coefficient (Wildman–Crippen LogP) is 2.34. The standard InChI is InChI=1S/C12H16F3N3O2/c1-16-9-6-10(18-11(17-9)12(13,14)15)20-7-8-2-4-19-5-3-8/h6,8H,2-5,7H2,1H3,(H,16,17,18). The second-order valence-electron chi connectivity index (χ2n) is 4.53. The highest BCUT2D eigenvalue weighted by molar-refractivity contribution is 5.38. The van der Waals surface area contributed by atoms with Gasteiger partial charge in [0.15, 0.2) is 0 Å². The highest BCUT2D eigenvalue weighted by Crippen LogP contribution is 2.29. The average Bonchev–Trinajstić information content (AvgIpc) is 2.45. The molecule has 0 radical (unpaired) electrons. The maximum atomic E-state index is 12.7. The van der Waals surface area contributed by atoms with Gasteiger partial charge in [-0.3, -0.25) is 0 Å². The van der Waals surface area contributed by atoms with Crippen molar-refractivity contribution in [3.63, 3.8) is 0 Å². The first-order chi connectivity index (χ1) is 9.49. The molecule has 2 rings (SSSR count). The van der Waals surface area contributed by atoms with Crippen molar-refractivity contribution in [1.82, 2.24) is 9.97 Å². The van der Waals surface area contributed by atoms with Crippen molar-refractivity contribution in [2.24, 2.45) is 5.92 Å². The van der Waals surface area contributed by atoms with Gasteiger partial charge in [-0.1, -0.05) is 0 Å². The quantitative estimate of drug-likeness (QED) is 0.922. The molecule has 2 heterocycles. The Morgan fingerprint density at radius 2 is 2.05 bits per heavy atom. The molecule has 0 saturated carbocycles. The molecule has 0 amide bonds. The van der Waals surface area contributed by atoms with Crippen molar-refractivity contribution in [3.8, 4) is 5.88 Å². The molecule has 8 heteroatoms. The molecule has 0 spiro atoms. The zero-order chi connectivity index (χ0) is 14.6. The molecule has 1 aliphatic heterocycles. The van der Waals surface area contributed by atoms with Crippen molar-refractivity contribution < 1.29 is 22.6 Å². The topological polar surface area (TPSA) is 56.3 Å². The van der Waals surface area contributed by atoms with Gasteiger partial charge in [0.1, 0.15) is 5.82 Å². The van der Waals surface area contributed by atoms with Crippen molar-refractivity contribution in [1.29, 1.82) is 0 Å². The summed E-state index contributed by atoms with van der Waals surface area (Å²) in [6, 6.07) is 1.36. The number of alkyl halides is 3. The Morgan fingerprint density at radius 1 is 1.35 bits per heavy atom. The average molecular weight is 291 g/mol. The van der Waals surface area contributed by atoms with E-state index in [1.807, 2.05) is 0 Å². The Hall–Kier alpha value is -1.57. The summed E-state index contributed by atoms with van der Waals surface area (Å²) in [6.45, 7) is 1.65. The zero-order valence-electron chi connectivity index (χ0n) is 11.0. The third-order valence-electron chi connectivity index (χ3n) is 3.02. The van der Waals surface area contributed by atoms with Crippen LogP contribution in [0.25, 0.3) is 0 Å². The van der Waals surface area contributed by atoms with Gasteiger partial charge >= 0.3 is 6.18 Å². The van der Waals surface area contributed by atoms with Crippen LogP contribution in [-0.2, 0) is 10.9 Å². The number of aromatic nitrogens is 2. The zero-order valence-corrected chi connectivity index (χ0v) is 11.0. The minimum absolute atomic E-state index is 0.0665. The van der Waals surface area contributed by atoms with Gasteiger partial charge in [0.2, 0.25) is 11.7 Å². The Balaban J connectivity index is 2.06. The molecular weight excluding hydrogens is 275 g/mol. The molecule has 1 N–H and O–H groups in total. The smallest absolute Gasteiger partial charge is 0.451 e. The lowest BCUT2D eigenvalue weighted by Crippen LogP contribution is -2.22. The molecule has 1 fully saturated rings. The maximum absolute atomic E-state index is 12.7. The normalized spacial score (nSPS) is 17.0. The van der Waals surface area contributed by atoms with Gasteiger partial charge in [-0.05, 0) is 18.8 Å². The number of anilines is 1. The maximum Gasteiger partial charge on any atom is 0.451 e. The van der Waals surface area contributed by atoms with E-state index in [9.17, 15) is 13.2 Å². The van der Waals surface area contributed by atoms with E-state index in [0.717, 1.165) is 12.8 Å². The highest BCUT2D eigenvalue weighted by atomic mass is 19.4. The van der Waals surface area contributed by atoms with Crippen LogP contribution in [-0.4, -0.2) is 36.8 Å². The lowest BCUT2D eigenvalue weighted by molar-refractivity contribution is -0.145. The van der Waals surface area contributed by atoms with Crippen LogP contribution < -0.4 is 10.1 Å². The van der Waals surface area contributed by atoms with E-state index >= 15 is 0 Å². The molecule has 112 valence electrons. The third kappa shape index (κ3) is 3.96. The SMILES string of the molecule is CNc1cc(OCC2CCOCC2)nc(C(F)(F)F)n1. The molecule has 0 atom stereocenters. The van der Waals surface area contributed by atoms with E-state index in [0.29, 0.717) is 19.8 Å². The lowest BCUT2D eigenvalue weighted by Gasteiger charge is -2.22. The van der Waals surface area contributed by atoms with Crippen LogP contribution in [0, 0.1) is 5.92 Å². The molecule has 0 aliphatic carbocycles. The summed E-state index contributed by atoms with van der Waals surface area (Å²) in [6.07, 6.45) is -2.91. The molecule has 1 aromatic rings. The van der Waals surface area contributed by atoms with Gasteiger partial charge in [0.25, 0.3) is 0 Å². The van der Waals surface area contributed by atoms with Crippen molar-refractivity contribution in [2.75, 3.05) is 32.2 Å². The van der Waals surface area contributed by atoms with Crippen LogP contribution in [0.2, 0.25) is 0 Å². The molecule has 0 bridgehead atoms. The number of rotatable bonds is 4. The minimum Gasteiger partial charge on any atom is -0.477 e. The van der Waals surface area contributed by atoms with Crippen molar-refractivity contribution in [3.05, 3.63) is 11.9 Å². The highest BCUT2D eigenvalue weighted by Gasteiger charge is 2.35. The molecule has 20 heavy (non-hydrogen) atoms. The van der Waals surface area contributed by atoms with Crippen LogP contribution in [0.15, 0.2) is 6.07 Å². The van der Waals surface area contributed by atoms with E-state index in [1.54, 1.807) is 0 Å². The van der Waals surface area contributed by atoms with E-state index in [1.165, 1.54) is 13.1 Å². The van der Waals surface area contributed by atoms with Gasteiger partial charge in [0.05, 0.1) is 6.61 Å². The Bertz CT molecular complexity index is 448. The first-order valence-electron chi connectivity index (χ1n) is 6.33. The number of hydrogen-bond donors (Lipinski definition) is 1.